The highest BCUT2D eigenvalue weighted by Gasteiger charge is 2.28. The topological polar surface area (TPSA) is 536 Å². The van der Waals surface area contributed by atoms with Gasteiger partial charge in [-0.05, 0) is 11.1 Å². The summed E-state index contributed by atoms with van der Waals surface area (Å²) in [5, 5.41) is 22.6. The predicted molar refractivity (Wildman–Crippen MR) is 475 cm³/mol. The van der Waals surface area contributed by atoms with Gasteiger partial charge in [0.25, 0.3) is 47.3 Å². The minimum atomic E-state index is -0.441. The SMILES string of the molecule is O=C(CCOCCOCCOCCOCCNC(=O)CCN1C(=O)C=CC1=O)NCCN(CCNC(=O)CCOCCOCCOCCOCCNC(=O)CCN1C(=O)C=CC1=O)Cc1ccc(CN(CCNC(=O)CCOCCOCCOCCOCCNC(=O)CCN2C(=O)C=CC2=O)CCNC(=O)CCOCCOCCOCCOCCNC(=O)CCN2C(=O)C=CC2=O)cc1. The van der Waals surface area contributed by atoms with Gasteiger partial charge in [0.15, 0.2) is 0 Å². The van der Waals surface area contributed by atoms with Crippen molar-refractivity contribution in [1.29, 1.82) is 0 Å². The van der Waals surface area contributed by atoms with Gasteiger partial charge in [-0.25, -0.2) is 0 Å². The van der Waals surface area contributed by atoms with E-state index in [0.717, 1.165) is 30.7 Å². The van der Waals surface area contributed by atoms with E-state index in [1.165, 1.54) is 48.6 Å². The van der Waals surface area contributed by atoms with E-state index in [1.54, 1.807) is 0 Å². The standard InChI is InChI=1S/C88H136N14O32/c103-73(13-29-99-81(111)5-6-82(99)112)93-25-41-123-49-57-131-65-61-127-53-45-119-37-17-77(107)89-21-33-97(34-22-90-78(108)18-38-120-46-54-128-62-66-132-58-50-124-42-26-94-74(104)14-30-100-83(113)7-8-84(100)114)69-71-1-2-72(4-3-71)70-98(35-23-91-79(109)19-39-121-47-55-129-63-67-133-59-51-125-43-27-95-75(105)15-31-101-85(115)9-10-86(101)116)36-24-92-80(110)20-40-122-48-56-130-64-68-134-60-52-126-44-28-96-76(106)16-32-102-87(117)11-12-88(102)118/h1-12H,13-70H2,(H,89,107)(H,90,108)(H,91,109)(H,92,110)(H,93,103)(H,94,104)(H,95,105)(H,96,106). The molecule has 4 aliphatic heterocycles. The molecule has 1 aromatic carbocycles. The Morgan fingerprint density at radius 1 is 0.194 bits per heavy atom. The van der Waals surface area contributed by atoms with Gasteiger partial charge in [-0.1, -0.05) is 24.3 Å². The van der Waals surface area contributed by atoms with Gasteiger partial charge in [0.05, 0.1) is 211 Å². The summed E-state index contributed by atoms with van der Waals surface area (Å²) in [4.78, 5) is 202. The number of nitrogens with zero attached hydrogens (tertiary/aromatic N) is 6. The number of ether oxygens (including phenoxy) is 16. The molecule has 1 aromatic rings. The van der Waals surface area contributed by atoms with Crippen molar-refractivity contribution in [2.24, 2.45) is 0 Å². The van der Waals surface area contributed by atoms with Crippen LogP contribution in [0.5, 0.6) is 0 Å². The summed E-state index contributed by atoms with van der Waals surface area (Å²) in [6.45, 7) is 13.6. The quantitative estimate of drug-likeness (QED) is 0.0224. The first-order chi connectivity index (χ1) is 65.2. The van der Waals surface area contributed by atoms with E-state index >= 15 is 0 Å². The highest BCUT2D eigenvalue weighted by atomic mass is 16.6. The third-order valence-corrected chi connectivity index (χ3v) is 19.3. The van der Waals surface area contributed by atoms with Gasteiger partial charge in [0.1, 0.15) is 0 Å². The van der Waals surface area contributed by atoms with E-state index in [1.807, 2.05) is 24.3 Å². The lowest BCUT2D eigenvalue weighted by Gasteiger charge is -2.24. The van der Waals surface area contributed by atoms with Crippen molar-refractivity contribution in [2.75, 3.05) is 316 Å². The molecule has 0 spiro atoms. The Bertz CT molecular complexity index is 3280. The first-order valence-electron chi connectivity index (χ1n) is 45.3. The van der Waals surface area contributed by atoms with Gasteiger partial charge in [-0.3, -0.25) is 106 Å². The molecule has 8 N–H and O–H groups in total. The zero-order valence-corrected chi connectivity index (χ0v) is 76.7. The van der Waals surface area contributed by atoms with Crippen molar-refractivity contribution < 1.29 is 153 Å². The number of rotatable bonds is 88. The number of carbonyl (C=O) groups is 16. The van der Waals surface area contributed by atoms with Crippen LogP contribution in [0, 0.1) is 0 Å². The number of imide groups is 4. The third kappa shape index (κ3) is 57.5. The monoisotopic (exact) mass is 1900 g/mol. The number of hydrogen-bond donors (Lipinski definition) is 8. The van der Waals surface area contributed by atoms with Crippen molar-refractivity contribution >= 4 is 94.5 Å². The highest BCUT2D eigenvalue weighted by molar-refractivity contribution is 6.15. The van der Waals surface area contributed by atoms with Gasteiger partial charge in [0, 0.05) is 218 Å². The van der Waals surface area contributed by atoms with Crippen molar-refractivity contribution in [3.05, 3.63) is 84.0 Å². The number of benzene rings is 1. The second kappa shape index (κ2) is 75.0. The van der Waals surface area contributed by atoms with Crippen LogP contribution < -0.4 is 42.5 Å². The second-order valence-corrected chi connectivity index (χ2v) is 29.6. The third-order valence-electron chi connectivity index (χ3n) is 19.3. The van der Waals surface area contributed by atoms with Gasteiger partial charge in [0.2, 0.25) is 47.3 Å². The number of carbonyl (C=O) groups excluding carboxylic acids is 16. The van der Waals surface area contributed by atoms with E-state index in [9.17, 15) is 76.7 Å². The summed E-state index contributed by atoms with van der Waals surface area (Å²) in [6, 6.07) is 8.02. The smallest absolute Gasteiger partial charge is 0.253 e. The molecule has 0 atom stereocenters. The molecule has 0 bridgehead atoms. The fraction of sp³-hybridized carbons (Fsp3) is 0.659. The summed E-state index contributed by atoms with van der Waals surface area (Å²) < 4.78 is 88.9. The van der Waals surface area contributed by atoms with Gasteiger partial charge >= 0.3 is 0 Å². The molecule has 0 unspecified atom stereocenters. The molecule has 4 heterocycles. The summed E-state index contributed by atoms with van der Waals surface area (Å²) >= 11 is 0. The van der Waals surface area contributed by atoms with E-state index in [2.05, 4.69) is 52.3 Å². The molecule has 46 nitrogen and oxygen atoms in total. The lowest BCUT2D eigenvalue weighted by Crippen LogP contribution is -2.39. The fourth-order valence-corrected chi connectivity index (χ4v) is 12.1. The molecule has 750 valence electrons. The van der Waals surface area contributed by atoms with Crippen LogP contribution in [0.25, 0.3) is 0 Å². The molecule has 0 saturated heterocycles. The molecule has 0 radical (unpaired) electrons. The van der Waals surface area contributed by atoms with Crippen LogP contribution in [-0.2, 0) is 166 Å². The highest BCUT2D eigenvalue weighted by Crippen LogP contribution is 2.13. The Kier molecular flexibility index (Phi) is 64.0. The molecular formula is C88H136N14O32. The molecule has 0 fully saturated rings. The first kappa shape index (κ1) is 114. The lowest BCUT2D eigenvalue weighted by molar-refractivity contribution is -0.139. The fourth-order valence-electron chi connectivity index (χ4n) is 12.1. The van der Waals surface area contributed by atoms with Crippen LogP contribution in [0.4, 0.5) is 0 Å². The molecule has 134 heavy (non-hydrogen) atoms. The summed E-state index contributed by atoms with van der Waals surface area (Å²) in [5.74, 6) is -5.61. The maximum Gasteiger partial charge on any atom is 0.253 e. The Morgan fingerprint density at radius 2 is 0.336 bits per heavy atom. The maximum absolute atomic E-state index is 13.0. The van der Waals surface area contributed by atoms with Crippen LogP contribution in [0.2, 0.25) is 0 Å². The minimum Gasteiger partial charge on any atom is -0.379 e. The molecule has 0 aromatic heterocycles. The van der Waals surface area contributed by atoms with Crippen molar-refractivity contribution in [3.63, 3.8) is 0 Å². The van der Waals surface area contributed by atoms with Crippen LogP contribution in [0.3, 0.4) is 0 Å². The summed E-state index contributed by atoms with van der Waals surface area (Å²) in [5.41, 5.74) is 1.92. The van der Waals surface area contributed by atoms with Gasteiger partial charge < -0.3 is 118 Å². The lowest BCUT2D eigenvalue weighted by atomic mass is 10.1. The van der Waals surface area contributed by atoms with Crippen LogP contribution in [0.1, 0.15) is 62.5 Å². The van der Waals surface area contributed by atoms with Gasteiger partial charge in [-0.15, -0.1) is 0 Å². The van der Waals surface area contributed by atoms with E-state index in [0.29, 0.717) is 171 Å². The Balaban J connectivity index is 0.994. The largest absolute Gasteiger partial charge is 0.379 e. The maximum atomic E-state index is 13.0. The summed E-state index contributed by atoms with van der Waals surface area (Å²) in [6.07, 6.45) is 9.74. The molecule has 4 aliphatic rings. The van der Waals surface area contributed by atoms with E-state index in [4.69, 9.17) is 75.8 Å². The molecule has 46 heteroatoms. The average Bonchev–Trinajstić information content (AvgIpc) is 1.85. The number of amides is 16. The van der Waals surface area contributed by atoms with Crippen molar-refractivity contribution in [2.45, 2.75) is 64.5 Å². The van der Waals surface area contributed by atoms with Crippen molar-refractivity contribution in [3.8, 4) is 0 Å². The molecule has 5 rings (SSSR count). The molecular weight excluding hydrogens is 1770 g/mol. The first-order valence-corrected chi connectivity index (χ1v) is 45.3. The predicted octanol–water partition coefficient (Wildman–Crippen LogP) is -4.69. The second-order valence-electron chi connectivity index (χ2n) is 29.6. The molecule has 16 amide bonds. The minimum absolute atomic E-state index is 0.00216. The van der Waals surface area contributed by atoms with Crippen LogP contribution in [-0.4, -0.2) is 440 Å². The van der Waals surface area contributed by atoms with Crippen LogP contribution in [0.15, 0.2) is 72.9 Å². The Labute approximate surface area is 780 Å². The van der Waals surface area contributed by atoms with Crippen molar-refractivity contribution in [1.82, 2.24) is 71.9 Å². The molecule has 0 aliphatic carbocycles. The zero-order chi connectivity index (χ0) is 96.3. The summed E-state index contributed by atoms with van der Waals surface area (Å²) in [7, 11) is 0. The van der Waals surface area contributed by atoms with Crippen LogP contribution >= 0.6 is 0 Å². The number of nitrogens with one attached hydrogen (secondary N) is 8. The van der Waals surface area contributed by atoms with E-state index < -0.39 is 47.3 Å². The molecule has 0 saturated carbocycles. The van der Waals surface area contributed by atoms with Gasteiger partial charge in [-0.2, -0.15) is 0 Å². The van der Waals surface area contributed by atoms with E-state index in [-0.39, 0.29) is 257 Å². The Morgan fingerprint density at radius 3 is 0.507 bits per heavy atom. The normalized spacial score (nSPS) is 13.5. The zero-order valence-electron chi connectivity index (χ0n) is 76.7. The number of hydrogen-bond acceptors (Lipinski definition) is 34. The average molecular weight is 1900 g/mol. The Hall–Kier alpha value is -10.2.